The summed E-state index contributed by atoms with van der Waals surface area (Å²) in [6.07, 6.45) is 0. The molecule has 0 aliphatic carbocycles. The van der Waals surface area contributed by atoms with E-state index in [1.807, 2.05) is 12.1 Å². The zero-order valence-electron chi connectivity index (χ0n) is 11.6. The number of furan rings is 1. The summed E-state index contributed by atoms with van der Waals surface area (Å²) in [4.78, 5) is 0. The summed E-state index contributed by atoms with van der Waals surface area (Å²) in [5.74, 6) is 1.50. The van der Waals surface area contributed by atoms with Gasteiger partial charge >= 0.3 is 0 Å². The van der Waals surface area contributed by atoms with Crippen molar-refractivity contribution in [3.8, 4) is 0 Å². The lowest BCUT2D eigenvalue weighted by Gasteiger charge is -2.17. The zero-order valence-corrected chi connectivity index (χ0v) is 13.2. The fourth-order valence-electron chi connectivity index (χ4n) is 2.14. The van der Waals surface area contributed by atoms with E-state index in [9.17, 15) is 0 Å². The maximum absolute atomic E-state index is 5.68. The van der Waals surface area contributed by atoms with Crippen LogP contribution in [0.3, 0.4) is 0 Å². The summed E-state index contributed by atoms with van der Waals surface area (Å²) in [5.41, 5.74) is 2.59. The molecule has 0 saturated carbocycles. The van der Waals surface area contributed by atoms with Crippen LogP contribution in [0.25, 0.3) is 0 Å². The highest BCUT2D eigenvalue weighted by Crippen LogP contribution is 2.27. The first-order chi connectivity index (χ1) is 9.11. The molecule has 0 radical (unpaired) electrons. The summed E-state index contributed by atoms with van der Waals surface area (Å²) in [7, 11) is 0. The Morgan fingerprint density at radius 2 is 1.68 bits per heavy atom. The normalized spacial score (nSPS) is 12.9. The van der Waals surface area contributed by atoms with Gasteiger partial charge in [0.25, 0.3) is 0 Å². The first kappa shape index (κ1) is 14.4. The molecule has 0 saturated heterocycles. The van der Waals surface area contributed by atoms with Crippen LogP contribution in [0.1, 0.15) is 49.6 Å². The highest BCUT2D eigenvalue weighted by atomic mass is 79.9. The quantitative estimate of drug-likeness (QED) is 0.850. The highest BCUT2D eigenvalue weighted by molar-refractivity contribution is 9.10. The lowest BCUT2D eigenvalue weighted by Crippen LogP contribution is -2.21. The number of hydrogen-bond donors (Lipinski definition) is 1. The monoisotopic (exact) mass is 321 g/mol. The Kier molecular flexibility index (Phi) is 4.83. The SMILES string of the molecule is CCNC(c1ccc(C(C)C)cc1)c1ccc(Br)o1. The van der Waals surface area contributed by atoms with Crippen molar-refractivity contribution in [1.29, 1.82) is 0 Å². The van der Waals surface area contributed by atoms with E-state index >= 15 is 0 Å². The van der Waals surface area contributed by atoms with Crippen molar-refractivity contribution >= 4 is 15.9 Å². The predicted octanol–water partition coefficient (Wildman–Crippen LogP) is 4.86. The second-order valence-electron chi connectivity index (χ2n) is 4.95. The molecule has 102 valence electrons. The van der Waals surface area contributed by atoms with Crippen molar-refractivity contribution in [2.24, 2.45) is 0 Å². The van der Waals surface area contributed by atoms with Crippen molar-refractivity contribution in [2.75, 3.05) is 6.54 Å². The van der Waals surface area contributed by atoms with Gasteiger partial charge in [0.2, 0.25) is 0 Å². The van der Waals surface area contributed by atoms with E-state index in [0.29, 0.717) is 5.92 Å². The molecule has 1 unspecified atom stereocenters. The molecule has 1 N–H and O–H groups in total. The Balaban J connectivity index is 2.28. The molecule has 0 aliphatic heterocycles. The zero-order chi connectivity index (χ0) is 13.8. The lowest BCUT2D eigenvalue weighted by atomic mass is 9.98. The van der Waals surface area contributed by atoms with Gasteiger partial charge in [-0.1, -0.05) is 45.0 Å². The van der Waals surface area contributed by atoms with Crippen LogP contribution in [-0.2, 0) is 0 Å². The first-order valence-electron chi connectivity index (χ1n) is 6.70. The number of rotatable bonds is 5. The summed E-state index contributed by atoms with van der Waals surface area (Å²) in [5, 5.41) is 3.46. The third-order valence-electron chi connectivity index (χ3n) is 3.22. The topological polar surface area (TPSA) is 25.2 Å². The van der Waals surface area contributed by atoms with Crippen LogP contribution >= 0.6 is 15.9 Å². The van der Waals surface area contributed by atoms with Gasteiger partial charge < -0.3 is 9.73 Å². The minimum atomic E-state index is 0.109. The van der Waals surface area contributed by atoms with Gasteiger partial charge in [-0.25, -0.2) is 0 Å². The molecule has 0 spiro atoms. The number of benzene rings is 1. The van der Waals surface area contributed by atoms with Crippen molar-refractivity contribution in [3.63, 3.8) is 0 Å². The fourth-order valence-corrected chi connectivity index (χ4v) is 2.46. The second-order valence-corrected chi connectivity index (χ2v) is 5.74. The standard InChI is InChI=1S/C16H20BrNO/c1-4-18-16(14-9-10-15(17)19-14)13-7-5-12(6-8-13)11(2)3/h5-11,16,18H,4H2,1-3H3. The maximum atomic E-state index is 5.68. The predicted molar refractivity (Wildman–Crippen MR) is 82.5 cm³/mol. The molecular formula is C16H20BrNO. The van der Waals surface area contributed by atoms with E-state index < -0.39 is 0 Å². The van der Waals surface area contributed by atoms with Gasteiger partial charge in [-0.3, -0.25) is 0 Å². The van der Waals surface area contributed by atoms with E-state index in [-0.39, 0.29) is 6.04 Å². The third-order valence-corrected chi connectivity index (χ3v) is 3.65. The van der Waals surface area contributed by atoms with Crippen LogP contribution in [-0.4, -0.2) is 6.54 Å². The van der Waals surface area contributed by atoms with E-state index in [2.05, 4.69) is 66.3 Å². The number of hydrogen-bond acceptors (Lipinski definition) is 2. The molecule has 3 heteroatoms. The van der Waals surface area contributed by atoms with Crippen molar-refractivity contribution in [3.05, 3.63) is 58.0 Å². The Bertz CT molecular complexity index is 516. The van der Waals surface area contributed by atoms with Crippen LogP contribution in [0.4, 0.5) is 0 Å². The highest BCUT2D eigenvalue weighted by Gasteiger charge is 2.16. The average Bonchev–Trinajstić information content (AvgIpc) is 2.82. The molecule has 0 amide bonds. The van der Waals surface area contributed by atoms with E-state index in [0.717, 1.165) is 17.0 Å². The molecule has 2 nitrogen and oxygen atoms in total. The molecule has 1 aromatic carbocycles. The molecule has 2 aromatic rings. The molecule has 0 fully saturated rings. The first-order valence-corrected chi connectivity index (χ1v) is 7.49. The van der Waals surface area contributed by atoms with Crippen molar-refractivity contribution < 1.29 is 4.42 Å². The van der Waals surface area contributed by atoms with Crippen LogP contribution < -0.4 is 5.32 Å². The van der Waals surface area contributed by atoms with Gasteiger partial charge in [0.1, 0.15) is 5.76 Å². The Morgan fingerprint density at radius 1 is 1.05 bits per heavy atom. The van der Waals surface area contributed by atoms with Gasteiger partial charge in [0.15, 0.2) is 4.67 Å². The van der Waals surface area contributed by atoms with Crippen LogP contribution in [0, 0.1) is 0 Å². The molecule has 1 atom stereocenters. The van der Waals surface area contributed by atoms with E-state index in [4.69, 9.17) is 4.42 Å². The van der Waals surface area contributed by atoms with Gasteiger partial charge in [-0.15, -0.1) is 0 Å². The molecule has 2 rings (SSSR count). The summed E-state index contributed by atoms with van der Waals surface area (Å²) < 4.78 is 6.45. The summed E-state index contributed by atoms with van der Waals surface area (Å²) in [6.45, 7) is 7.42. The maximum Gasteiger partial charge on any atom is 0.169 e. The summed E-state index contributed by atoms with van der Waals surface area (Å²) >= 11 is 3.36. The second kappa shape index (κ2) is 6.40. The van der Waals surface area contributed by atoms with Gasteiger partial charge in [-0.2, -0.15) is 0 Å². The van der Waals surface area contributed by atoms with Crippen LogP contribution in [0.15, 0.2) is 45.5 Å². The molecule has 1 heterocycles. The molecule has 0 bridgehead atoms. The van der Waals surface area contributed by atoms with Crippen LogP contribution in [0.2, 0.25) is 0 Å². The minimum Gasteiger partial charge on any atom is -0.452 e. The van der Waals surface area contributed by atoms with Gasteiger partial charge in [0.05, 0.1) is 6.04 Å². The van der Waals surface area contributed by atoms with Crippen molar-refractivity contribution in [2.45, 2.75) is 32.7 Å². The third kappa shape index (κ3) is 3.48. The fraction of sp³-hybridized carbons (Fsp3) is 0.375. The summed E-state index contributed by atoms with van der Waals surface area (Å²) in [6, 6.07) is 12.8. The molecule has 1 aromatic heterocycles. The Hall–Kier alpha value is -1.06. The molecular weight excluding hydrogens is 302 g/mol. The average molecular weight is 322 g/mol. The smallest absolute Gasteiger partial charge is 0.169 e. The number of halogens is 1. The van der Waals surface area contributed by atoms with E-state index in [1.165, 1.54) is 11.1 Å². The largest absolute Gasteiger partial charge is 0.452 e. The van der Waals surface area contributed by atoms with Gasteiger partial charge in [0, 0.05) is 0 Å². The minimum absolute atomic E-state index is 0.109. The van der Waals surface area contributed by atoms with Gasteiger partial charge in [-0.05, 0) is 51.7 Å². The Labute approximate surface area is 123 Å². The molecule has 0 aliphatic rings. The van der Waals surface area contributed by atoms with E-state index in [1.54, 1.807) is 0 Å². The van der Waals surface area contributed by atoms with Crippen molar-refractivity contribution in [1.82, 2.24) is 5.32 Å². The number of nitrogens with one attached hydrogen (secondary N) is 1. The molecule has 19 heavy (non-hydrogen) atoms. The van der Waals surface area contributed by atoms with Crippen LogP contribution in [0.5, 0.6) is 0 Å². The lowest BCUT2D eigenvalue weighted by molar-refractivity contribution is 0.437. The Morgan fingerprint density at radius 3 is 2.16 bits per heavy atom.